The molecule has 0 bridgehead atoms. The van der Waals surface area contributed by atoms with Crippen molar-refractivity contribution < 1.29 is 13.9 Å². The molecule has 0 unspecified atom stereocenters. The summed E-state index contributed by atoms with van der Waals surface area (Å²) < 4.78 is 18.5. The highest BCUT2D eigenvalue weighted by Crippen LogP contribution is 2.19. The first-order valence-corrected chi connectivity index (χ1v) is 5.48. The number of hydrogen-bond acceptors (Lipinski definition) is 3. The highest BCUT2D eigenvalue weighted by atomic mass is 19.1. The first kappa shape index (κ1) is 13.6. The summed E-state index contributed by atoms with van der Waals surface area (Å²) in [6.07, 6.45) is -1.59. The van der Waals surface area contributed by atoms with E-state index in [-0.39, 0.29) is 19.5 Å². The van der Waals surface area contributed by atoms with Crippen LogP contribution in [0.5, 0.6) is 0 Å². The summed E-state index contributed by atoms with van der Waals surface area (Å²) in [4.78, 5) is 15.6. The maximum atomic E-state index is 13.4. The second-order valence-corrected chi connectivity index (χ2v) is 5.08. The summed E-state index contributed by atoms with van der Waals surface area (Å²) >= 11 is 0. The molecular formula is C10H17FN4O2. The Morgan fingerprint density at radius 2 is 2.18 bits per heavy atom. The second kappa shape index (κ2) is 5.23. The van der Waals surface area contributed by atoms with Crippen LogP contribution >= 0.6 is 0 Å². The van der Waals surface area contributed by atoms with Gasteiger partial charge in [-0.25, -0.2) is 9.18 Å². The van der Waals surface area contributed by atoms with Crippen LogP contribution in [-0.4, -0.2) is 41.9 Å². The van der Waals surface area contributed by atoms with Gasteiger partial charge in [0.15, 0.2) is 0 Å². The van der Waals surface area contributed by atoms with Crippen molar-refractivity contribution in [3.05, 3.63) is 10.4 Å². The molecule has 1 rings (SSSR count). The molecule has 96 valence electrons. The van der Waals surface area contributed by atoms with Crippen molar-refractivity contribution in [2.45, 2.75) is 45.0 Å². The van der Waals surface area contributed by atoms with Crippen LogP contribution in [0.2, 0.25) is 0 Å². The molecule has 1 saturated heterocycles. The van der Waals surface area contributed by atoms with E-state index in [0.717, 1.165) is 0 Å². The smallest absolute Gasteiger partial charge is 0.410 e. The molecule has 6 nitrogen and oxygen atoms in total. The van der Waals surface area contributed by atoms with E-state index in [1.54, 1.807) is 20.8 Å². The zero-order chi connectivity index (χ0) is 13.1. The van der Waals surface area contributed by atoms with Gasteiger partial charge in [0.2, 0.25) is 0 Å². The molecule has 7 heteroatoms. The van der Waals surface area contributed by atoms with Gasteiger partial charge < -0.3 is 9.64 Å². The number of carbonyl (C=O) groups is 1. The van der Waals surface area contributed by atoms with Crippen LogP contribution in [-0.2, 0) is 4.74 Å². The number of amides is 1. The number of halogens is 1. The van der Waals surface area contributed by atoms with E-state index in [0.29, 0.717) is 0 Å². The molecule has 0 spiro atoms. The van der Waals surface area contributed by atoms with Crippen LogP contribution < -0.4 is 0 Å². The van der Waals surface area contributed by atoms with E-state index in [1.807, 2.05) is 0 Å². The number of alkyl halides is 1. The van der Waals surface area contributed by atoms with Gasteiger partial charge in [0.25, 0.3) is 0 Å². The van der Waals surface area contributed by atoms with Crippen molar-refractivity contribution >= 4 is 6.09 Å². The van der Waals surface area contributed by atoms with E-state index in [9.17, 15) is 9.18 Å². The molecule has 1 heterocycles. The lowest BCUT2D eigenvalue weighted by Gasteiger charge is -2.34. The molecule has 0 saturated carbocycles. The molecule has 1 aliphatic heterocycles. The quantitative estimate of drug-likeness (QED) is 0.404. The highest BCUT2D eigenvalue weighted by molar-refractivity contribution is 5.68. The van der Waals surface area contributed by atoms with Gasteiger partial charge in [-0.15, -0.1) is 0 Å². The third kappa shape index (κ3) is 4.48. The molecule has 0 aromatic heterocycles. The van der Waals surface area contributed by atoms with E-state index in [2.05, 4.69) is 10.0 Å². The minimum absolute atomic E-state index is 0.00758. The van der Waals surface area contributed by atoms with E-state index >= 15 is 0 Å². The SMILES string of the molecule is CC(C)(C)OC(=O)N1C[C@@H](F)C[C@H](N=[N+]=[N-])C1. The summed E-state index contributed by atoms with van der Waals surface area (Å²) in [6, 6.07) is -0.517. The van der Waals surface area contributed by atoms with Gasteiger partial charge in [0.05, 0.1) is 12.6 Å². The molecule has 1 amide bonds. The summed E-state index contributed by atoms with van der Waals surface area (Å²) in [5, 5.41) is 3.45. The maximum Gasteiger partial charge on any atom is 0.410 e. The Morgan fingerprint density at radius 3 is 2.71 bits per heavy atom. The van der Waals surface area contributed by atoms with Crippen LogP contribution in [0.3, 0.4) is 0 Å². The molecule has 0 aliphatic carbocycles. The Labute approximate surface area is 99.4 Å². The summed E-state index contributed by atoms with van der Waals surface area (Å²) in [6.45, 7) is 5.43. The van der Waals surface area contributed by atoms with Gasteiger partial charge >= 0.3 is 6.09 Å². The van der Waals surface area contributed by atoms with Gasteiger partial charge in [0.1, 0.15) is 11.8 Å². The predicted octanol–water partition coefficient (Wildman–Crippen LogP) is 2.64. The Morgan fingerprint density at radius 1 is 1.53 bits per heavy atom. The number of rotatable bonds is 1. The van der Waals surface area contributed by atoms with Crippen LogP contribution in [0.25, 0.3) is 10.4 Å². The molecule has 1 fully saturated rings. The second-order valence-electron chi connectivity index (χ2n) is 5.08. The first-order valence-electron chi connectivity index (χ1n) is 5.48. The summed E-state index contributed by atoms with van der Waals surface area (Å²) in [7, 11) is 0. The van der Waals surface area contributed by atoms with Crippen LogP contribution in [0.4, 0.5) is 9.18 Å². The minimum atomic E-state index is -1.17. The van der Waals surface area contributed by atoms with Gasteiger partial charge in [0, 0.05) is 11.5 Å². The lowest BCUT2D eigenvalue weighted by atomic mass is 10.1. The molecular weight excluding hydrogens is 227 g/mol. The number of likely N-dealkylation sites (tertiary alicyclic amines) is 1. The van der Waals surface area contributed by atoms with Crippen molar-refractivity contribution in [1.29, 1.82) is 0 Å². The van der Waals surface area contributed by atoms with E-state index in [4.69, 9.17) is 10.3 Å². The van der Waals surface area contributed by atoms with Gasteiger partial charge in [-0.05, 0) is 32.7 Å². The number of azide groups is 1. The topological polar surface area (TPSA) is 78.3 Å². The normalized spacial score (nSPS) is 25.1. The Kier molecular flexibility index (Phi) is 4.17. The fraction of sp³-hybridized carbons (Fsp3) is 0.900. The van der Waals surface area contributed by atoms with Crippen molar-refractivity contribution in [1.82, 2.24) is 4.90 Å². The van der Waals surface area contributed by atoms with Gasteiger partial charge in [-0.1, -0.05) is 5.11 Å². The number of ether oxygens (including phenoxy) is 1. The van der Waals surface area contributed by atoms with Crippen molar-refractivity contribution in [3.63, 3.8) is 0 Å². The van der Waals surface area contributed by atoms with E-state index in [1.165, 1.54) is 4.90 Å². The van der Waals surface area contributed by atoms with Crippen molar-refractivity contribution in [3.8, 4) is 0 Å². The van der Waals surface area contributed by atoms with Crippen molar-refractivity contribution in [2.24, 2.45) is 5.11 Å². The van der Waals surface area contributed by atoms with E-state index < -0.39 is 23.9 Å². The predicted molar refractivity (Wildman–Crippen MR) is 60.3 cm³/mol. The van der Waals surface area contributed by atoms with Gasteiger partial charge in [-0.3, -0.25) is 0 Å². The van der Waals surface area contributed by atoms with Crippen molar-refractivity contribution in [2.75, 3.05) is 13.1 Å². The number of hydrogen-bond donors (Lipinski definition) is 0. The van der Waals surface area contributed by atoms with Crippen LogP contribution in [0.15, 0.2) is 5.11 Å². The zero-order valence-electron chi connectivity index (χ0n) is 10.3. The molecule has 0 radical (unpaired) electrons. The molecule has 0 aromatic rings. The van der Waals surface area contributed by atoms with Crippen LogP contribution in [0.1, 0.15) is 27.2 Å². The van der Waals surface area contributed by atoms with Gasteiger partial charge in [-0.2, -0.15) is 0 Å². The lowest BCUT2D eigenvalue weighted by molar-refractivity contribution is 0.0115. The number of carbonyl (C=O) groups excluding carboxylic acids is 1. The molecule has 0 N–H and O–H groups in total. The molecule has 17 heavy (non-hydrogen) atoms. The molecule has 0 aromatic carbocycles. The fourth-order valence-electron chi connectivity index (χ4n) is 1.64. The summed E-state index contributed by atoms with van der Waals surface area (Å²) in [5.41, 5.74) is 7.70. The Hall–Kier alpha value is -1.49. The molecule has 2 atom stereocenters. The highest BCUT2D eigenvalue weighted by Gasteiger charge is 2.31. The average molecular weight is 244 g/mol. The third-order valence-electron chi connectivity index (χ3n) is 2.24. The number of nitrogens with zero attached hydrogens (tertiary/aromatic N) is 4. The lowest BCUT2D eigenvalue weighted by Crippen LogP contribution is -2.48. The maximum absolute atomic E-state index is 13.4. The number of piperidine rings is 1. The largest absolute Gasteiger partial charge is 0.444 e. The first-order chi connectivity index (χ1) is 7.81. The monoisotopic (exact) mass is 244 g/mol. The molecule has 1 aliphatic rings. The Bertz CT molecular complexity index is 336. The fourth-order valence-corrected chi connectivity index (χ4v) is 1.64. The third-order valence-corrected chi connectivity index (χ3v) is 2.24. The average Bonchev–Trinajstić information content (AvgIpc) is 2.14. The standard InChI is InChI=1S/C10H17FN4O2/c1-10(2,3)17-9(16)15-5-7(11)4-8(6-15)13-14-12/h7-8H,4-6H2,1-3H3/t7-,8-/m0/s1. The zero-order valence-corrected chi connectivity index (χ0v) is 10.3. The summed E-state index contributed by atoms with van der Waals surface area (Å²) in [5.74, 6) is 0. The Balaban J connectivity index is 2.64. The minimum Gasteiger partial charge on any atom is -0.444 e. The van der Waals surface area contributed by atoms with Crippen LogP contribution in [0, 0.1) is 0 Å².